The molecule has 0 unspecified atom stereocenters. The summed E-state index contributed by atoms with van der Waals surface area (Å²) in [4.78, 5) is 22.0. The molecule has 146 valence electrons. The van der Waals surface area contributed by atoms with Gasteiger partial charge >= 0.3 is 0 Å². The standard InChI is InChI=1S/C22H25N3O3/c1-5-17-18(6-2)25-20-11-14(8-10-19(20)24-17)22(26)23-13-15-7-9-16(27-3)12-21(15)28-4/h7-12H,5-6,13H2,1-4H3,(H,23,26). The van der Waals surface area contributed by atoms with Crippen LogP contribution in [0.5, 0.6) is 11.5 Å². The van der Waals surface area contributed by atoms with Gasteiger partial charge in [-0.25, -0.2) is 9.97 Å². The normalized spacial score (nSPS) is 10.7. The zero-order valence-corrected chi connectivity index (χ0v) is 16.7. The van der Waals surface area contributed by atoms with Crippen LogP contribution < -0.4 is 14.8 Å². The van der Waals surface area contributed by atoms with Crippen LogP contribution in [-0.2, 0) is 19.4 Å². The van der Waals surface area contributed by atoms with E-state index >= 15 is 0 Å². The summed E-state index contributed by atoms with van der Waals surface area (Å²) in [6.07, 6.45) is 1.66. The van der Waals surface area contributed by atoms with E-state index in [0.29, 0.717) is 23.6 Å². The summed E-state index contributed by atoms with van der Waals surface area (Å²) < 4.78 is 10.6. The van der Waals surface area contributed by atoms with Crippen molar-refractivity contribution in [1.82, 2.24) is 15.3 Å². The zero-order valence-electron chi connectivity index (χ0n) is 16.7. The summed E-state index contributed by atoms with van der Waals surface area (Å²) >= 11 is 0. The fraction of sp³-hybridized carbons (Fsp3) is 0.318. The lowest BCUT2D eigenvalue weighted by molar-refractivity contribution is 0.0951. The molecular formula is C22H25N3O3. The fourth-order valence-electron chi connectivity index (χ4n) is 3.11. The molecule has 0 saturated heterocycles. The van der Waals surface area contributed by atoms with Crippen LogP contribution in [0.3, 0.4) is 0 Å². The molecule has 2 aromatic carbocycles. The molecular weight excluding hydrogens is 354 g/mol. The molecule has 0 fully saturated rings. The maximum absolute atomic E-state index is 12.6. The van der Waals surface area contributed by atoms with Crippen LogP contribution in [0.15, 0.2) is 36.4 Å². The molecule has 1 amide bonds. The Labute approximate surface area is 164 Å². The van der Waals surface area contributed by atoms with E-state index < -0.39 is 0 Å². The van der Waals surface area contributed by atoms with E-state index in [9.17, 15) is 4.79 Å². The smallest absolute Gasteiger partial charge is 0.251 e. The molecule has 3 aromatic rings. The molecule has 0 aliphatic carbocycles. The summed E-state index contributed by atoms with van der Waals surface area (Å²) in [5.41, 5.74) is 4.97. The molecule has 0 radical (unpaired) electrons. The average molecular weight is 379 g/mol. The molecule has 1 aromatic heterocycles. The Kier molecular flexibility index (Phi) is 6.09. The molecule has 0 saturated carbocycles. The van der Waals surface area contributed by atoms with Gasteiger partial charge < -0.3 is 14.8 Å². The van der Waals surface area contributed by atoms with Crippen LogP contribution in [-0.4, -0.2) is 30.1 Å². The van der Waals surface area contributed by atoms with Crippen LogP contribution in [0.25, 0.3) is 11.0 Å². The maximum Gasteiger partial charge on any atom is 0.251 e. The number of rotatable bonds is 7. The zero-order chi connectivity index (χ0) is 20.1. The molecule has 28 heavy (non-hydrogen) atoms. The number of benzene rings is 2. The second-order valence-electron chi connectivity index (χ2n) is 6.39. The van der Waals surface area contributed by atoms with E-state index in [2.05, 4.69) is 24.1 Å². The Hall–Kier alpha value is -3.15. The lowest BCUT2D eigenvalue weighted by Gasteiger charge is -2.12. The Morgan fingerprint density at radius 2 is 1.64 bits per heavy atom. The van der Waals surface area contributed by atoms with E-state index in [4.69, 9.17) is 14.5 Å². The van der Waals surface area contributed by atoms with Crippen molar-refractivity contribution in [3.8, 4) is 11.5 Å². The van der Waals surface area contributed by atoms with Crippen LogP contribution >= 0.6 is 0 Å². The first-order chi connectivity index (χ1) is 13.6. The van der Waals surface area contributed by atoms with Crippen LogP contribution in [0.4, 0.5) is 0 Å². The molecule has 6 nitrogen and oxygen atoms in total. The highest BCUT2D eigenvalue weighted by atomic mass is 16.5. The van der Waals surface area contributed by atoms with Crippen molar-refractivity contribution in [3.63, 3.8) is 0 Å². The number of fused-ring (bicyclic) bond motifs is 1. The Bertz CT molecular complexity index is 1000. The number of hydrogen-bond acceptors (Lipinski definition) is 5. The van der Waals surface area contributed by atoms with Gasteiger partial charge in [0.05, 0.1) is 36.6 Å². The number of carbonyl (C=O) groups is 1. The number of nitrogens with zero attached hydrogens (tertiary/aromatic N) is 2. The van der Waals surface area contributed by atoms with Crippen molar-refractivity contribution in [2.75, 3.05) is 14.2 Å². The van der Waals surface area contributed by atoms with E-state index in [1.54, 1.807) is 32.4 Å². The summed E-state index contributed by atoms with van der Waals surface area (Å²) in [6.45, 7) is 4.49. The number of aryl methyl sites for hydroxylation is 2. The molecule has 0 spiro atoms. The third kappa shape index (κ3) is 4.06. The van der Waals surface area contributed by atoms with Crippen LogP contribution in [0, 0.1) is 0 Å². The Balaban J connectivity index is 1.80. The first kappa shape index (κ1) is 19.6. The highest BCUT2D eigenvalue weighted by molar-refractivity contribution is 5.97. The van der Waals surface area contributed by atoms with Gasteiger partial charge in [-0.05, 0) is 43.2 Å². The third-order valence-electron chi connectivity index (χ3n) is 4.68. The molecule has 0 aliphatic heterocycles. The van der Waals surface area contributed by atoms with Gasteiger partial charge in [0.15, 0.2) is 0 Å². The van der Waals surface area contributed by atoms with Crippen molar-refractivity contribution in [3.05, 3.63) is 58.9 Å². The van der Waals surface area contributed by atoms with Gasteiger partial charge in [0, 0.05) is 23.7 Å². The number of hydrogen-bond donors (Lipinski definition) is 1. The van der Waals surface area contributed by atoms with Gasteiger partial charge in [-0.3, -0.25) is 4.79 Å². The minimum atomic E-state index is -0.167. The summed E-state index contributed by atoms with van der Waals surface area (Å²) in [7, 11) is 3.20. The third-order valence-corrected chi connectivity index (χ3v) is 4.68. The van der Waals surface area contributed by atoms with Gasteiger partial charge in [0.1, 0.15) is 11.5 Å². The molecule has 1 N–H and O–H groups in total. The topological polar surface area (TPSA) is 73.3 Å². The van der Waals surface area contributed by atoms with Gasteiger partial charge in [-0.2, -0.15) is 0 Å². The molecule has 1 heterocycles. The van der Waals surface area contributed by atoms with Crippen molar-refractivity contribution in [2.45, 2.75) is 33.2 Å². The lowest BCUT2D eigenvalue weighted by Crippen LogP contribution is -2.23. The second kappa shape index (κ2) is 8.69. The average Bonchev–Trinajstić information content (AvgIpc) is 2.75. The van der Waals surface area contributed by atoms with E-state index in [1.807, 2.05) is 18.2 Å². The van der Waals surface area contributed by atoms with E-state index in [1.165, 1.54) is 0 Å². The second-order valence-corrected chi connectivity index (χ2v) is 6.39. The summed E-state index contributed by atoms with van der Waals surface area (Å²) in [5, 5.41) is 2.94. The van der Waals surface area contributed by atoms with Crippen LogP contribution in [0.1, 0.15) is 41.2 Å². The molecule has 0 bridgehead atoms. The van der Waals surface area contributed by atoms with Gasteiger partial charge in [0.2, 0.25) is 0 Å². The molecule has 6 heteroatoms. The van der Waals surface area contributed by atoms with Crippen molar-refractivity contribution >= 4 is 16.9 Å². The first-order valence-electron chi connectivity index (χ1n) is 9.38. The van der Waals surface area contributed by atoms with Gasteiger partial charge in [0.25, 0.3) is 5.91 Å². The number of carbonyl (C=O) groups excluding carboxylic acids is 1. The fourth-order valence-corrected chi connectivity index (χ4v) is 3.11. The number of amides is 1. The van der Waals surface area contributed by atoms with E-state index in [0.717, 1.165) is 40.8 Å². The van der Waals surface area contributed by atoms with Gasteiger partial charge in [-0.15, -0.1) is 0 Å². The van der Waals surface area contributed by atoms with Crippen molar-refractivity contribution in [1.29, 1.82) is 0 Å². The minimum absolute atomic E-state index is 0.167. The monoisotopic (exact) mass is 379 g/mol. The minimum Gasteiger partial charge on any atom is -0.497 e. The lowest BCUT2D eigenvalue weighted by atomic mass is 10.1. The van der Waals surface area contributed by atoms with E-state index in [-0.39, 0.29) is 5.91 Å². The molecule has 3 rings (SSSR count). The number of methoxy groups -OCH3 is 2. The number of nitrogens with one attached hydrogen (secondary N) is 1. The molecule has 0 atom stereocenters. The largest absolute Gasteiger partial charge is 0.497 e. The summed E-state index contributed by atoms with van der Waals surface area (Å²) in [6, 6.07) is 10.9. The highest BCUT2D eigenvalue weighted by Gasteiger charge is 2.12. The predicted molar refractivity (Wildman–Crippen MR) is 109 cm³/mol. The number of aromatic nitrogens is 2. The molecule has 0 aliphatic rings. The Morgan fingerprint density at radius 1 is 0.929 bits per heavy atom. The first-order valence-corrected chi connectivity index (χ1v) is 9.38. The highest BCUT2D eigenvalue weighted by Crippen LogP contribution is 2.24. The van der Waals surface area contributed by atoms with Crippen molar-refractivity contribution < 1.29 is 14.3 Å². The van der Waals surface area contributed by atoms with Gasteiger partial charge in [-0.1, -0.05) is 13.8 Å². The predicted octanol–water partition coefficient (Wildman–Crippen LogP) is 3.70. The Morgan fingerprint density at radius 3 is 2.29 bits per heavy atom. The quantitative estimate of drug-likeness (QED) is 0.678. The SMILES string of the molecule is CCc1nc2ccc(C(=O)NCc3ccc(OC)cc3OC)cc2nc1CC. The number of ether oxygens (including phenoxy) is 2. The maximum atomic E-state index is 12.6. The van der Waals surface area contributed by atoms with Crippen molar-refractivity contribution in [2.24, 2.45) is 0 Å². The summed E-state index contributed by atoms with van der Waals surface area (Å²) in [5.74, 6) is 1.21. The van der Waals surface area contributed by atoms with Crippen LogP contribution in [0.2, 0.25) is 0 Å².